The Morgan fingerprint density at radius 2 is 1.29 bits per heavy atom. The molecule has 1 aromatic heterocycles. The molecule has 3 nitrogen and oxygen atoms in total. The standard InChI is InChI=1S/C25H20N2O/c1-3-11-19(12-4-1)25(20-13-5-2-6-14-20)21-15-7-8-16-22(21)27-24(28-25)23-17-9-10-18-26-23/h1-18,24,27H/t24-/m1/s1. The van der Waals surface area contributed by atoms with E-state index in [9.17, 15) is 0 Å². The molecule has 0 aliphatic carbocycles. The van der Waals surface area contributed by atoms with Crippen molar-refractivity contribution in [2.75, 3.05) is 5.32 Å². The number of fused-ring (bicyclic) bond motifs is 1. The molecule has 0 bridgehead atoms. The highest BCUT2D eigenvalue weighted by Crippen LogP contribution is 2.49. The van der Waals surface area contributed by atoms with Gasteiger partial charge in [-0.05, 0) is 29.3 Å². The van der Waals surface area contributed by atoms with Gasteiger partial charge in [-0.2, -0.15) is 0 Å². The first kappa shape index (κ1) is 16.7. The zero-order valence-corrected chi connectivity index (χ0v) is 15.3. The minimum atomic E-state index is -0.730. The van der Waals surface area contributed by atoms with Gasteiger partial charge < -0.3 is 10.1 Å². The van der Waals surface area contributed by atoms with Crippen LogP contribution < -0.4 is 5.32 Å². The quantitative estimate of drug-likeness (QED) is 0.520. The number of hydrogen-bond donors (Lipinski definition) is 1. The highest BCUT2D eigenvalue weighted by molar-refractivity contribution is 5.63. The summed E-state index contributed by atoms with van der Waals surface area (Å²) in [6, 6.07) is 35.1. The molecule has 1 N–H and O–H groups in total. The van der Waals surface area contributed by atoms with Crippen LogP contribution in [0.4, 0.5) is 5.69 Å². The fraction of sp³-hybridized carbons (Fsp3) is 0.0800. The van der Waals surface area contributed by atoms with Crippen LogP contribution in [0.2, 0.25) is 0 Å². The van der Waals surface area contributed by atoms with Crippen molar-refractivity contribution in [3.8, 4) is 0 Å². The monoisotopic (exact) mass is 364 g/mol. The summed E-state index contributed by atoms with van der Waals surface area (Å²) in [6.45, 7) is 0. The molecule has 0 radical (unpaired) electrons. The van der Waals surface area contributed by atoms with Crippen LogP contribution in [0.3, 0.4) is 0 Å². The molecule has 0 saturated heterocycles. The third kappa shape index (κ3) is 2.68. The van der Waals surface area contributed by atoms with Crippen LogP contribution >= 0.6 is 0 Å². The molecule has 28 heavy (non-hydrogen) atoms. The lowest BCUT2D eigenvalue weighted by Gasteiger charge is -2.44. The highest BCUT2D eigenvalue weighted by atomic mass is 16.5. The SMILES string of the molecule is c1ccc(C2(c3ccccc3)O[C@H](c3ccccn3)Nc3ccccc32)cc1. The number of para-hydroxylation sites is 1. The number of nitrogens with one attached hydrogen (secondary N) is 1. The fourth-order valence-electron chi connectivity index (χ4n) is 3.95. The van der Waals surface area contributed by atoms with Crippen molar-refractivity contribution in [3.63, 3.8) is 0 Å². The van der Waals surface area contributed by atoms with Crippen molar-refractivity contribution in [3.05, 3.63) is 132 Å². The van der Waals surface area contributed by atoms with Gasteiger partial charge >= 0.3 is 0 Å². The molecule has 0 spiro atoms. The Kier molecular flexibility index (Phi) is 4.15. The van der Waals surface area contributed by atoms with E-state index in [1.165, 1.54) is 0 Å². The first-order valence-electron chi connectivity index (χ1n) is 9.44. The summed E-state index contributed by atoms with van der Waals surface area (Å²) in [5, 5.41) is 3.52. The predicted molar refractivity (Wildman–Crippen MR) is 111 cm³/mol. The van der Waals surface area contributed by atoms with Gasteiger partial charge in [0.1, 0.15) is 5.60 Å². The fourth-order valence-corrected chi connectivity index (χ4v) is 3.95. The average molecular weight is 364 g/mol. The van der Waals surface area contributed by atoms with E-state index in [4.69, 9.17) is 4.74 Å². The van der Waals surface area contributed by atoms with Gasteiger partial charge in [0, 0.05) is 17.4 Å². The van der Waals surface area contributed by atoms with Gasteiger partial charge in [0.05, 0.1) is 5.69 Å². The van der Waals surface area contributed by atoms with Crippen molar-refractivity contribution in [1.82, 2.24) is 4.98 Å². The van der Waals surface area contributed by atoms with Gasteiger partial charge in [0.15, 0.2) is 6.23 Å². The van der Waals surface area contributed by atoms with E-state index in [1.54, 1.807) is 6.20 Å². The molecule has 3 aromatic carbocycles. The summed E-state index contributed by atoms with van der Waals surface area (Å²) in [5.41, 5.74) is 4.46. The lowest BCUT2D eigenvalue weighted by atomic mass is 9.78. The Morgan fingerprint density at radius 3 is 1.93 bits per heavy atom. The topological polar surface area (TPSA) is 34.1 Å². The van der Waals surface area contributed by atoms with E-state index in [-0.39, 0.29) is 6.23 Å². The van der Waals surface area contributed by atoms with Gasteiger partial charge in [-0.15, -0.1) is 0 Å². The third-order valence-electron chi connectivity index (χ3n) is 5.20. The molecular formula is C25H20N2O. The number of benzene rings is 3. The largest absolute Gasteiger partial charge is 0.355 e. The molecule has 2 heterocycles. The van der Waals surface area contributed by atoms with Crippen molar-refractivity contribution in [2.45, 2.75) is 11.8 Å². The maximum Gasteiger partial charge on any atom is 0.173 e. The van der Waals surface area contributed by atoms with Crippen LogP contribution in [0.5, 0.6) is 0 Å². The average Bonchev–Trinajstić information content (AvgIpc) is 2.80. The van der Waals surface area contributed by atoms with Gasteiger partial charge in [0.2, 0.25) is 0 Å². The number of pyridine rings is 1. The molecule has 0 saturated carbocycles. The summed E-state index contributed by atoms with van der Waals surface area (Å²) in [5.74, 6) is 0. The smallest absolute Gasteiger partial charge is 0.173 e. The maximum atomic E-state index is 6.89. The van der Waals surface area contributed by atoms with E-state index < -0.39 is 5.60 Å². The number of anilines is 1. The van der Waals surface area contributed by atoms with E-state index in [2.05, 4.69) is 77.0 Å². The Labute approximate surface area is 164 Å². The molecule has 5 rings (SSSR count). The molecule has 1 atom stereocenters. The van der Waals surface area contributed by atoms with Crippen molar-refractivity contribution in [1.29, 1.82) is 0 Å². The van der Waals surface area contributed by atoms with E-state index >= 15 is 0 Å². The van der Waals surface area contributed by atoms with E-state index in [0.717, 1.165) is 28.1 Å². The number of ether oxygens (including phenoxy) is 1. The highest BCUT2D eigenvalue weighted by Gasteiger charge is 2.45. The zero-order chi connectivity index (χ0) is 18.8. The first-order chi connectivity index (χ1) is 13.9. The summed E-state index contributed by atoms with van der Waals surface area (Å²) >= 11 is 0. The van der Waals surface area contributed by atoms with E-state index in [0.29, 0.717) is 0 Å². The van der Waals surface area contributed by atoms with Crippen LogP contribution in [-0.2, 0) is 10.3 Å². The molecule has 136 valence electrons. The lowest BCUT2D eigenvalue weighted by molar-refractivity contribution is -0.0450. The second-order valence-electron chi connectivity index (χ2n) is 6.86. The molecular weight excluding hydrogens is 344 g/mol. The minimum absolute atomic E-state index is 0.364. The Balaban J connectivity index is 1.79. The van der Waals surface area contributed by atoms with Crippen LogP contribution in [0.25, 0.3) is 0 Å². The molecule has 0 fully saturated rings. The lowest BCUT2D eigenvalue weighted by Crippen LogP contribution is -2.41. The second-order valence-corrected chi connectivity index (χ2v) is 6.86. The molecule has 0 amide bonds. The van der Waals surface area contributed by atoms with Gasteiger partial charge in [0.25, 0.3) is 0 Å². The van der Waals surface area contributed by atoms with Gasteiger partial charge in [-0.25, -0.2) is 0 Å². The number of aromatic nitrogens is 1. The predicted octanol–water partition coefficient (Wildman–Crippen LogP) is 5.51. The Morgan fingerprint density at radius 1 is 0.679 bits per heavy atom. The van der Waals surface area contributed by atoms with E-state index in [1.807, 2.05) is 36.4 Å². The third-order valence-corrected chi connectivity index (χ3v) is 5.20. The number of rotatable bonds is 3. The Bertz CT molecular complexity index is 1030. The minimum Gasteiger partial charge on any atom is -0.355 e. The second kappa shape index (κ2) is 6.95. The van der Waals surface area contributed by atoms with Crippen LogP contribution in [-0.4, -0.2) is 4.98 Å². The van der Waals surface area contributed by atoms with Crippen molar-refractivity contribution in [2.24, 2.45) is 0 Å². The van der Waals surface area contributed by atoms with Gasteiger partial charge in [-0.3, -0.25) is 4.98 Å². The molecule has 0 unspecified atom stereocenters. The summed E-state index contributed by atoms with van der Waals surface area (Å²) in [7, 11) is 0. The Hall–Kier alpha value is -3.43. The van der Waals surface area contributed by atoms with Crippen LogP contribution in [0.1, 0.15) is 28.6 Å². The van der Waals surface area contributed by atoms with Crippen molar-refractivity contribution >= 4 is 5.69 Å². The van der Waals surface area contributed by atoms with Gasteiger partial charge in [-0.1, -0.05) is 84.9 Å². The summed E-state index contributed by atoms with van der Waals surface area (Å²) in [4.78, 5) is 4.54. The normalized spacial score (nSPS) is 17.4. The summed E-state index contributed by atoms with van der Waals surface area (Å²) in [6.07, 6.45) is 1.43. The van der Waals surface area contributed by atoms with Crippen LogP contribution in [0, 0.1) is 0 Å². The number of nitrogens with zero attached hydrogens (tertiary/aromatic N) is 1. The first-order valence-corrected chi connectivity index (χ1v) is 9.44. The zero-order valence-electron chi connectivity index (χ0n) is 15.3. The molecule has 1 aliphatic rings. The number of hydrogen-bond acceptors (Lipinski definition) is 3. The summed E-state index contributed by atoms with van der Waals surface area (Å²) < 4.78 is 6.89. The van der Waals surface area contributed by atoms with Crippen LogP contribution in [0.15, 0.2) is 109 Å². The molecule has 3 heteroatoms. The molecule has 1 aliphatic heterocycles. The van der Waals surface area contributed by atoms with Crippen molar-refractivity contribution < 1.29 is 4.74 Å². The molecule has 4 aromatic rings. The maximum absolute atomic E-state index is 6.89.